The van der Waals surface area contributed by atoms with Crippen molar-refractivity contribution in [3.63, 3.8) is 0 Å². The Hall–Kier alpha value is -2.85. The van der Waals surface area contributed by atoms with Gasteiger partial charge in [0.1, 0.15) is 18.0 Å². The Morgan fingerprint density at radius 2 is 1.79 bits per heavy atom. The SMILES string of the molecule is Nc1nccc(Cl)c1N=Cc1ccc(OCc2ccccc2)cc1. The van der Waals surface area contributed by atoms with Crippen LogP contribution in [0.4, 0.5) is 11.5 Å². The van der Waals surface area contributed by atoms with Crippen LogP contribution < -0.4 is 10.5 Å². The van der Waals surface area contributed by atoms with E-state index in [1.807, 2.05) is 54.6 Å². The first-order chi connectivity index (χ1) is 11.7. The minimum Gasteiger partial charge on any atom is -0.489 e. The summed E-state index contributed by atoms with van der Waals surface area (Å²) in [4.78, 5) is 8.29. The zero-order chi connectivity index (χ0) is 16.8. The van der Waals surface area contributed by atoms with Crippen molar-refractivity contribution in [1.82, 2.24) is 4.98 Å². The van der Waals surface area contributed by atoms with Crippen LogP contribution in [-0.4, -0.2) is 11.2 Å². The Balaban J connectivity index is 1.65. The molecule has 0 unspecified atom stereocenters. The lowest BCUT2D eigenvalue weighted by molar-refractivity contribution is 0.306. The highest BCUT2D eigenvalue weighted by atomic mass is 35.5. The lowest BCUT2D eigenvalue weighted by Crippen LogP contribution is -1.95. The summed E-state index contributed by atoms with van der Waals surface area (Å²) in [5.74, 6) is 1.11. The van der Waals surface area contributed by atoms with Crippen molar-refractivity contribution in [2.75, 3.05) is 5.73 Å². The van der Waals surface area contributed by atoms with Gasteiger partial charge in [0.15, 0.2) is 5.82 Å². The van der Waals surface area contributed by atoms with E-state index in [0.29, 0.717) is 23.1 Å². The van der Waals surface area contributed by atoms with Crippen LogP contribution >= 0.6 is 11.6 Å². The van der Waals surface area contributed by atoms with Crippen LogP contribution in [0.15, 0.2) is 71.9 Å². The monoisotopic (exact) mass is 337 g/mol. The van der Waals surface area contributed by atoms with Gasteiger partial charge in [-0.2, -0.15) is 0 Å². The second kappa shape index (κ2) is 7.62. The second-order valence-electron chi connectivity index (χ2n) is 5.13. The fraction of sp³-hybridized carbons (Fsp3) is 0.0526. The van der Waals surface area contributed by atoms with Gasteiger partial charge in [0.25, 0.3) is 0 Å². The fourth-order valence-electron chi connectivity index (χ4n) is 2.10. The standard InChI is InChI=1S/C19H16ClN3O/c20-17-10-11-22-19(21)18(17)23-12-14-6-8-16(9-7-14)24-13-15-4-2-1-3-5-15/h1-12H,13H2,(H2,21,22). The summed E-state index contributed by atoms with van der Waals surface area (Å²) in [6, 6.07) is 19.3. The highest BCUT2D eigenvalue weighted by Crippen LogP contribution is 2.28. The molecule has 24 heavy (non-hydrogen) atoms. The van der Waals surface area contributed by atoms with Gasteiger partial charge in [0.05, 0.1) is 5.02 Å². The van der Waals surface area contributed by atoms with E-state index >= 15 is 0 Å². The maximum absolute atomic E-state index is 6.07. The molecular weight excluding hydrogens is 322 g/mol. The van der Waals surface area contributed by atoms with Crippen LogP contribution in [0.5, 0.6) is 5.75 Å². The van der Waals surface area contributed by atoms with Crippen molar-refractivity contribution in [2.24, 2.45) is 4.99 Å². The molecule has 4 nitrogen and oxygen atoms in total. The summed E-state index contributed by atoms with van der Waals surface area (Å²) in [7, 11) is 0. The third-order valence-corrected chi connectivity index (χ3v) is 3.68. The summed E-state index contributed by atoms with van der Waals surface area (Å²) in [5.41, 5.74) is 8.30. The number of nitrogens with two attached hydrogens (primary N) is 1. The Morgan fingerprint density at radius 3 is 2.50 bits per heavy atom. The maximum Gasteiger partial charge on any atom is 0.150 e. The molecule has 3 aromatic rings. The van der Waals surface area contributed by atoms with Gasteiger partial charge in [0, 0.05) is 12.4 Å². The van der Waals surface area contributed by atoms with Gasteiger partial charge < -0.3 is 10.5 Å². The zero-order valence-electron chi connectivity index (χ0n) is 12.9. The lowest BCUT2D eigenvalue weighted by atomic mass is 10.2. The molecule has 1 aromatic heterocycles. The van der Waals surface area contributed by atoms with Crippen molar-refractivity contribution >= 4 is 29.3 Å². The number of ether oxygens (including phenoxy) is 1. The largest absolute Gasteiger partial charge is 0.489 e. The first-order valence-electron chi connectivity index (χ1n) is 7.43. The Morgan fingerprint density at radius 1 is 1.04 bits per heavy atom. The number of nitrogens with zero attached hydrogens (tertiary/aromatic N) is 2. The molecule has 0 saturated heterocycles. The van der Waals surface area contributed by atoms with E-state index in [2.05, 4.69) is 9.98 Å². The minimum atomic E-state index is 0.307. The topological polar surface area (TPSA) is 60.5 Å². The van der Waals surface area contributed by atoms with Gasteiger partial charge in [-0.3, -0.25) is 4.99 Å². The van der Waals surface area contributed by atoms with Gasteiger partial charge in [-0.05, 0) is 41.5 Å². The van der Waals surface area contributed by atoms with Crippen LogP contribution in [0.2, 0.25) is 5.02 Å². The maximum atomic E-state index is 6.07. The molecule has 0 aliphatic carbocycles. The molecule has 0 bridgehead atoms. The van der Waals surface area contributed by atoms with E-state index < -0.39 is 0 Å². The number of aromatic nitrogens is 1. The second-order valence-corrected chi connectivity index (χ2v) is 5.54. The Kier molecular flexibility index (Phi) is 5.08. The van der Waals surface area contributed by atoms with Gasteiger partial charge in [-0.15, -0.1) is 0 Å². The van der Waals surface area contributed by atoms with E-state index in [9.17, 15) is 0 Å². The van der Waals surface area contributed by atoms with Gasteiger partial charge in [-0.25, -0.2) is 4.98 Å². The molecule has 2 N–H and O–H groups in total. The normalized spacial score (nSPS) is 10.9. The van der Waals surface area contributed by atoms with Crippen LogP contribution in [0.3, 0.4) is 0 Å². The summed E-state index contributed by atoms with van der Waals surface area (Å²) in [5, 5.41) is 0.474. The molecular formula is C19H16ClN3O. The lowest BCUT2D eigenvalue weighted by Gasteiger charge is -2.06. The molecule has 120 valence electrons. The predicted octanol–water partition coefficient (Wildman–Crippen LogP) is 4.65. The number of hydrogen-bond donors (Lipinski definition) is 1. The van der Waals surface area contributed by atoms with E-state index in [0.717, 1.165) is 16.9 Å². The van der Waals surface area contributed by atoms with E-state index in [1.54, 1.807) is 18.5 Å². The number of nitrogen functional groups attached to an aromatic ring is 1. The van der Waals surface area contributed by atoms with Crippen molar-refractivity contribution in [3.8, 4) is 5.75 Å². The summed E-state index contributed by atoms with van der Waals surface area (Å²) >= 11 is 6.07. The average Bonchev–Trinajstić information content (AvgIpc) is 2.61. The number of aliphatic imine (C=N–C) groups is 1. The van der Waals surface area contributed by atoms with E-state index in [-0.39, 0.29) is 0 Å². The van der Waals surface area contributed by atoms with Crippen molar-refractivity contribution < 1.29 is 4.74 Å². The van der Waals surface area contributed by atoms with Crippen LogP contribution in [0.1, 0.15) is 11.1 Å². The summed E-state index contributed by atoms with van der Waals surface area (Å²) in [6.45, 7) is 0.538. The molecule has 0 amide bonds. The quantitative estimate of drug-likeness (QED) is 0.689. The molecule has 0 saturated carbocycles. The molecule has 5 heteroatoms. The van der Waals surface area contributed by atoms with Crippen molar-refractivity contribution in [2.45, 2.75) is 6.61 Å². The van der Waals surface area contributed by atoms with Gasteiger partial charge in [0.2, 0.25) is 0 Å². The molecule has 0 fully saturated rings. The first-order valence-corrected chi connectivity index (χ1v) is 7.81. The average molecular weight is 338 g/mol. The fourth-order valence-corrected chi connectivity index (χ4v) is 2.31. The molecule has 0 atom stereocenters. The number of hydrogen-bond acceptors (Lipinski definition) is 4. The third-order valence-electron chi connectivity index (χ3n) is 3.37. The summed E-state index contributed by atoms with van der Waals surface area (Å²) in [6.07, 6.45) is 3.25. The van der Waals surface area contributed by atoms with Crippen LogP contribution in [0, 0.1) is 0 Å². The highest BCUT2D eigenvalue weighted by Gasteiger charge is 2.03. The van der Waals surface area contributed by atoms with E-state index in [1.165, 1.54) is 0 Å². The number of benzene rings is 2. The Labute approximate surface area is 145 Å². The third kappa shape index (κ3) is 4.12. The Bertz CT molecular complexity index is 813. The van der Waals surface area contributed by atoms with Crippen molar-refractivity contribution in [3.05, 3.63) is 83.0 Å². The van der Waals surface area contributed by atoms with Crippen LogP contribution in [-0.2, 0) is 6.61 Å². The molecule has 0 aliphatic heterocycles. The molecule has 0 aliphatic rings. The minimum absolute atomic E-state index is 0.307. The number of pyridine rings is 1. The van der Waals surface area contributed by atoms with Crippen LogP contribution in [0.25, 0.3) is 0 Å². The highest BCUT2D eigenvalue weighted by molar-refractivity contribution is 6.33. The number of rotatable bonds is 5. The number of halogens is 1. The summed E-state index contributed by atoms with van der Waals surface area (Å²) < 4.78 is 5.75. The molecule has 0 radical (unpaired) electrons. The zero-order valence-corrected chi connectivity index (χ0v) is 13.6. The first kappa shape index (κ1) is 16.0. The van der Waals surface area contributed by atoms with E-state index in [4.69, 9.17) is 22.1 Å². The molecule has 1 heterocycles. The smallest absolute Gasteiger partial charge is 0.150 e. The predicted molar refractivity (Wildman–Crippen MR) is 98.1 cm³/mol. The molecule has 0 spiro atoms. The van der Waals surface area contributed by atoms with Crippen molar-refractivity contribution in [1.29, 1.82) is 0 Å². The van der Waals surface area contributed by atoms with Gasteiger partial charge in [-0.1, -0.05) is 41.9 Å². The molecule has 2 aromatic carbocycles. The molecule has 3 rings (SSSR count). The van der Waals surface area contributed by atoms with Gasteiger partial charge >= 0.3 is 0 Å². The number of anilines is 1.